The van der Waals surface area contributed by atoms with Crippen LogP contribution in [0.15, 0.2) is 46.0 Å². The number of anilines is 1. The van der Waals surface area contributed by atoms with Gasteiger partial charge in [0.1, 0.15) is 4.21 Å². The zero-order chi connectivity index (χ0) is 21.6. The molecule has 1 aliphatic rings. The first-order chi connectivity index (χ1) is 14.4. The minimum Gasteiger partial charge on any atom is -0.383 e. The first kappa shape index (κ1) is 22.4. The molecule has 2 amide bonds. The summed E-state index contributed by atoms with van der Waals surface area (Å²) in [6.07, 6.45) is 1.19. The quantitative estimate of drug-likeness (QED) is 0.599. The van der Waals surface area contributed by atoms with Gasteiger partial charge in [-0.3, -0.25) is 9.59 Å². The maximum Gasteiger partial charge on any atom is 0.253 e. The summed E-state index contributed by atoms with van der Waals surface area (Å²) >= 11 is 1.17. The monoisotopic (exact) mass is 451 g/mol. The predicted molar refractivity (Wildman–Crippen MR) is 115 cm³/mol. The van der Waals surface area contributed by atoms with E-state index in [2.05, 4.69) is 10.6 Å². The van der Waals surface area contributed by atoms with Crippen molar-refractivity contribution in [1.29, 1.82) is 0 Å². The summed E-state index contributed by atoms with van der Waals surface area (Å²) in [5.41, 5.74) is 0.747. The number of nitrogens with one attached hydrogen (secondary N) is 2. The number of thiophene rings is 1. The van der Waals surface area contributed by atoms with E-state index in [1.807, 2.05) is 0 Å². The Morgan fingerprint density at radius 3 is 2.77 bits per heavy atom. The van der Waals surface area contributed by atoms with Crippen molar-refractivity contribution in [3.63, 3.8) is 0 Å². The number of hydrogen-bond acceptors (Lipinski definition) is 6. The van der Waals surface area contributed by atoms with Crippen molar-refractivity contribution in [3.05, 3.63) is 47.3 Å². The Hall–Kier alpha value is -2.27. The van der Waals surface area contributed by atoms with E-state index < -0.39 is 15.9 Å². The predicted octanol–water partition coefficient (Wildman–Crippen LogP) is 2.16. The van der Waals surface area contributed by atoms with Gasteiger partial charge in [0.15, 0.2) is 0 Å². The van der Waals surface area contributed by atoms with Gasteiger partial charge in [-0.05, 0) is 36.4 Å². The first-order valence-corrected chi connectivity index (χ1v) is 12.0. The molecule has 1 aromatic carbocycles. The zero-order valence-corrected chi connectivity index (χ0v) is 18.3. The van der Waals surface area contributed by atoms with Gasteiger partial charge in [0, 0.05) is 26.7 Å². The smallest absolute Gasteiger partial charge is 0.253 e. The van der Waals surface area contributed by atoms with Crippen molar-refractivity contribution in [1.82, 2.24) is 9.62 Å². The second-order valence-electron chi connectivity index (χ2n) is 6.92. The summed E-state index contributed by atoms with van der Waals surface area (Å²) < 4.78 is 32.1. The number of sulfonamides is 1. The number of rotatable bonds is 8. The third kappa shape index (κ3) is 5.25. The molecule has 8 nitrogen and oxygen atoms in total. The van der Waals surface area contributed by atoms with Crippen LogP contribution in [0.5, 0.6) is 0 Å². The molecular weight excluding hydrogens is 426 g/mol. The van der Waals surface area contributed by atoms with E-state index in [0.29, 0.717) is 43.8 Å². The highest BCUT2D eigenvalue weighted by Gasteiger charge is 2.34. The van der Waals surface area contributed by atoms with Gasteiger partial charge in [-0.25, -0.2) is 8.42 Å². The Labute approximate surface area is 180 Å². The SMILES string of the molecule is COCCNC(=O)c1ccccc1NC(=O)[C@H]1CCCN(S(=O)(=O)c2cccs2)C1. The van der Waals surface area contributed by atoms with E-state index in [4.69, 9.17) is 4.74 Å². The van der Waals surface area contributed by atoms with E-state index in [1.165, 1.54) is 15.6 Å². The maximum atomic E-state index is 12.9. The molecule has 2 N–H and O–H groups in total. The third-order valence-corrected chi connectivity index (χ3v) is 8.10. The average Bonchev–Trinajstić information content (AvgIpc) is 3.30. The van der Waals surface area contributed by atoms with E-state index in [1.54, 1.807) is 48.9 Å². The Kier molecular flexibility index (Phi) is 7.59. The van der Waals surface area contributed by atoms with Crippen molar-refractivity contribution in [2.45, 2.75) is 17.1 Å². The highest BCUT2D eigenvalue weighted by Crippen LogP contribution is 2.27. The minimum atomic E-state index is -3.60. The van der Waals surface area contributed by atoms with Gasteiger partial charge in [-0.2, -0.15) is 4.31 Å². The molecule has 1 fully saturated rings. The fourth-order valence-corrected chi connectivity index (χ4v) is 5.97. The first-order valence-electron chi connectivity index (χ1n) is 9.64. The van der Waals surface area contributed by atoms with Crippen LogP contribution in [0.2, 0.25) is 0 Å². The Bertz CT molecular complexity index is 976. The summed E-state index contributed by atoms with van der Waals surface area (Å²) in [5, 5.41) is 7.26. The van der Waals surface area contributed by atoms with Gasteiger partial charge in [0.25, 0.3) is 15.9 Å². The molecule has 10 heteroatoms. The summed E-state index contributed by atoms with van der Waals surface area (Å²) in [4.78, 5) is 25.3. The largest absolute Gasteiger partial charge is 0.383 e. The number of piperidine rings is 1. The van der Waals surface area contributed by atoms with Crippen LogP contribution in [0, 0.1) is 5.92 Å². The lowest BCUT2D eigenvalue weighted by Crippen LogP contribution is -2.43. The van der Waals surface area contributed by atoms with E-state index in [0.717, 1.165) is 0 Å². The molecule has 1 saturated heterocycles. The molecule has 2 heterocycles. The molecule has 1 aliphatic heterocycles. The molecule has 162 valence electrons. The number of ether oxygens (including phenoxy) is 1. The number of amides is 2. The second-order valence-corrected chi connectivity index (χ2v) is 10.0. The maximum absolute atomic E-state index is 12.9. The summed E-state index contributed by atoms with van der Waals surface area (Å²) in [6.45, 7) is 1.25. The van der Waals surface area contributed by atoms with Crippen LogP contribution in [0.4, 0.5) is 5.69 Å². The van der Waals surface area contributed by atoms with Crippen LogP contribution < -0.4 is 10.6 Å². The Morgan fingerprint density at radius 2 is 2.03 bits per heavy atom. The summed E-state index contributed by atoms with van der Waals surface area (Å²) in [7, 11) is -2.05. The molecule has 0 aliphatic carbocycles. The van der Waals surface area contributed by atoms with Crippen LogP contribution in [0.1, 0.15) is 23.2 Å². The van der Waals surface area contributed by atoms with Crippen molar-refractivity contribution < 1.29 is 22.7 Å². The zero-order valence-electron chi connectivity index (χ0n) is 16.7. The molecule has 3 rings (SSSR count). The molecule has 0 bridgehead atoms. The average molecular weight is 452 g/mol. The van der Waals surface area contributed by atoms with Crippen LogP contribution in [0.25, 0.3) is 0 Å². The molecule has 0 saturated carbocycles. The highest BCUT2D eigenvalue weighted by atomic mass is 32.2. The fourth-order valence-electron chi connectivity index (χ4n) is 3.30. The molecule has 1 atom stereocenters. The standard InChI is InChI=1S/C20H25N3O5S2/c1-28-12-10-21-20(25)16-7-2-3-8-17(16)22-19(24)15-6-4-11-23(14-15)30(26,27)18-9-5-13-29-18/h2-3,5,7-9,13,15H,4,6,10-12,14H2,1H3,(H,21,25)(H,22,24)/t15-/m0/s1. The molecule has 1 aromatic heterocycles. The van der Waals surface area contributed by atoms with E-state index in [-0.39, 0.29) is 22.6 Å². The number of methoxy groups -OCH3 is 1. The molecule has 0 radical (unpaired) electrons. The number of para-hydroxylation sites is 1. The number of nitrogens with zero attached hydrogens (tertiary/aromatic N) is 1. The van der Waals surface area contributed by atoms with Gasteiger partial charge in [0.05, 0.1) is 23.8 Å². The van der Waals surface area contributed by atoms with Crippen molar-refractivity contribution >= 4 is 38.9 Å². The number of hydrogen-bond donors (Lipinski definition) is 2. The molecule has 0 unspecified atom stereocenters. The topological polar surface area (TPSA) is 105 Å². The van der Waals surface area contributed by atoms with Gasteiger partial charge in [-0.15, -0.1) is 11.3 Å². The summed E-state index contributed by atoms with van der Waals surface area (Å²) in [6, 6.07) is 10.0. The molecular formula is C20H25N3O5S2. The van der Waals surface area contributed by atoms with Gasteiger partial charge >= 0.3 is 0 Å². The lowest BCUT2D eigenvalue weighted by Gasteiger charge is -2.30. The molecule has 30 heavy (non-hydrogen) atoms. The van der Waals surface area contributed by atoms with Crippen molar-refractivity contribution in [2.24, 2.45) is 5.92 Å². The van der Waals surface area contributed by atoms with Crippen molar-refractivity contribution in [2.75, 3.05) is 38.7 Å². The van der Waals surface area contributed by atoms with Crippen LogP contribution in [-0.4, -0.2) is 57.9 Å². The van der Waals surface area contributed by atoms with Gasteiger partial charge < -0.3 is 15.4 Å². The fraction of sp³-hybridized carbons (Fsp3) is 0.400. The Balaban J connectivity index is 1.68. The normalized spacial score (nSPS) is 17.4. The lowest BCUT2D eigenvalue weighted by atomic mass is 9.98. The number of benzene rings is 1. The van der Waals surface area contributed by atoms with Gasteiger partial charge in [-0.1, -0.05) is 18.2 Å². The van der Waals surface area contributed by atoms with Crippen molar-refractivity contribution in [3.8, 4) is 0 Å². The third-order valence-electron chi connectivity index (χ3n) is 4.87. The second kappa shape index (κ2) is 10.2. The van der Waals surface area contributed by atoms with E-state index >= 15 is 0 Å². The lowest BCUT2D eigenvalue weighted by molar-refractivity contribution is -0.120. The number of carbonyl (C=O) groups excluding carboxylic acids is 2. The minimum absolute atomic E-state index is 0.119. The molecule has 0 spiro atoms. The Morgan fingerprint density at radius 1 is 1.23 bits per heavy atom. The van der Waals surface area contributed by atoms with Gasteiger partial charge in [0.2, 0.25) is 5.91 Å². The van der Waals surface area contributed by atoms with E-state index in [9.17, 15) is 18.0 Å². The number of carbonyl (C=O) groups is 2. The molecule has 2 aromatic rings. The van der Waals surface area contributed by atoms with Crippen LogP contribution in [0.3, 0.4) is 0 Å². The highest BCUT2D eigenvalue weighted by molar-refractivity contribution is 7.91. The summed E-state index contributed by atoms with van der Waals surface area (Å²) in [5.74, 6) is -1.09. The van der Waals surface area contributed by atoms with Crippen LogP contribution >= 0.6 is 11.3 Å². The van der Waals surface area contributed by atoms with Crippen LogP contribution in [-0.2, 0) is 19.6 Å².